The molecule has 0 bridgehead atoms. The Balaban J connectivity index is 2.16. The normalized spacial score (nSPS) is 23.4. The molecule has 2 nitrogen and oxygen atoms in total. The van der Waals surface area contributed by atoms with E-state index >= 15 is 0 Å². The molecule has 0 spiro atoms. The average Bonchev–Trinajstić information content (AvgIpc) is 2.26. The minimum Gasteiger partial charge on any atom is -0.313 e. The molecule has 3 heteroatoms. The van der Waals surface area contributed by atoms with Gasteiger partial charge in [0.05, 0.1) is 0 Å². The van der Waals surface area contributed by atoms with Gasteiger partial charge >= 0.3 is 0 Å². The maximum absolute atomic E-state index is 3.58. The lowest BCUT2D eigenvalue weighted by Crippen LogP contribution is -2.46. The molecular weight excluding hydrogens is 192 g/mol. The summed E-state index contributed by atoms with van der Waals surface area (Å²) in [4.78, 5) is 2.60. The molecule has 0 saturated carbocycles. The van der Waals surface area contributed by atoms with Gasteiger partial charge in [-0.15, -0.1) is 0 Å². The molecule has 0 aromatic rings. The van der Waals surface area contributed by atoms with Gasteiger partial charge in [-0.1, -0.05) is 6.92 Å². The highest BCUT2D eigenvalue weighted by atomic mass is 32.2. The van der Waals surface area contributed by atoms with E-state index in [0.29, 0.717) is 12.1 Å². The van der Waals surface area contributed by atoms with Gasteiger partial charge in [-0.25, -0.2) is 0 Å². The lowest BCUT2D eigenvalue weighted by Gasteiger charge is -2.32. The third-order valence-corrected chi connectivity index (χ3v) is 3.99. The lowest BCUT2D eigenvalue weighted by molar-refractivity contribution is 0.220. The molecule has 1 rings (SSSR count). The van der Waals surface area contributed by atoms with Crippen molar-refractivity contribution < 1.29 is 0 Å². The van der Waals surface area contributed by atoms with Gasteiger partial charge in [0.15, 0.2) is 0 Å². The second-order valence-electron chi connectivity index (χ2n) is 4.21. The summed E-state index contributed by atoms with van der Waals surface area (Å²) in [6.07, 6.45) is 1.22. The number of thioether (sulfide) groups is 1. The number of hydrogen-bond donors (Lipinski definition) is 1. The van der Waals surface area contributed by atoms with Crippen LogP contribution in [0, 0.1) is 0 Å². The van der Waals surface area contributed by atoms with Gasteiger partial charge in [-0.2, -0.15) is 11.8 Å². The van der Waals surface area contributed by atoms with Crippen molar-refractivity contribution in [3.63, 3.8) is 0 Å². The minimum atomic E-state index is 0.664. The molecule has 2 unspecified atom stereocenters. The fraction of sp³-hybridized carbons (Fsp3) is 1.00. The van der Waals surface area contributed by atoms with Crippen molar-refractivity contribution in [3.05, 3.63) is 0 Å². The molecule has 1 saturated heterocycles. The van der Waals surface area contributed by atoms with Crippen molar-refractivity contribution in [3.8, 4) is 0 Å². The molecule has 1 heterocycles. The predicted octanol–water partition coefficient (Wildman–Crippen LogP) is 1.81. The lowest BCUT2D eigenvalue weighted by atomic mass is 10.2. The van der Waals surface area contributed by atoms with Crippen LogP contribution in [-0.4, -0.2) is 48.1 Å². The van der Waals surface area contributed by atoms with E-state index in [9.17, 15) is 0 Å². The van der Waals surface area contributed by atoms with Crippen LogP contribution in [0.25, 0.3) is 0 Å². The van der Waals surface area contributed by atoms with E-state index in [1.165, 1.54) is 31.0 Å². The SMILES string of the molecule is CCC(C)NCC(C)N1CCSCC1. The number of nitrogens with zero attached hydrogens (tertiary/aromatic N) is 1. The van der Waals surface area contributed by atoms with Crippen LogP contribution in [0.4, 0.5) is 0 Å². The maximum atomic E-state index is 3.58. The molecule has 1 fully saturated rings. The molecule has 84 valence electrons. The largest absolute Gasteiger partial charge is 0.313 e. The standard InChI is InChI=1S/C11H24N2S/c1-4-10(2)12-9-11(3)13-5-7-14-8-6-13/h10-12H,4-9H2,1-3H3. The number of hydrogen-bond acceptors (Lipinski definition) is 3. The molecule has 0 amide bonds. The molecule has 14 heavy (non-hydrogen) atoms. The van der Waals surface area contributed by atoms with Crippen LogP contribution in [0.3, 0.4) is 0 Å². The van der Waals surface area contributed by atoms with Crippen LogP contribution >= 0.6 is 11.8 Å². The van der Waals surface area contributed by atoms with Gasteiger partial charge in [0.2, 0.25) is 0 Å². The van der Waals surface area contributed by atoms with E-state index in [1.54, 1.807) is 0 Å². The first-order chi connectivity index (χ1) is 6.74. The van der Waals surface area contributed by atoms with E-state index < -0.39 is 0 Å². The Morgan fingerprint density at radius 3 is 2.50 bits per heavy atom. The van der Waals surface area contributed by atoms with E-state index in [1.807, 2.05) is 0 Å². The van der Waals surface area contributed by atoms with Crippen molar-refractivity contribution in [2.45, 2.75) is 39.3 Å². The summed E-state index contributed by atoms with van der Waals surface area (Å²) in [5.41, 5.74) is 0. The van der Waals surface area contributed by atoms with Crippen LogP contribution in [0.2, 0.25) is 0 Å². The molecule has 2 atom stereocenters. The van der Waals surface area contributed by atoms with E-state index in [-0.39, 0.29) is 0 Å². The monoisotopic (exact) mass is 216 g/mol. The summed E-state index contributed by atoms with van der Waals surface area (Å²) in [6.45, 7) is 10.5. The quantitative estimate of drug-likeness (QED) is 0.754. The summed E-state index contributed by atoms with van der Waals surface area (Å²) in [5, 5.41) is 3.58. The van der Waals surface area contributed by atoms with E-state index in [2.05, 4.69) is 42.7 Å². The van der Waals surface area contributed by atoms with Crippen LogP contribution in [0.1, 0.15) is 27.2 Å². The highest BCUT2D eigenvalue weighted by molar-refractivity contribution is 7.99. The first-order valence-electron chi connectivity index (χ1n) is 5.79. The third kappa shape index (κ3) is 4.20. The Labute approximate surface area is 92.8 Å². The van der Waals surface area contributed by atoms with Crippen LogP contribution < -0.4 is 5.32 Å². The van der Waals surface area contributed by atoms with Crippen molar-refractivity contribution in [1.29, 1.82) is 0 Å². The molecule has 1 aliphatic heterocycles. The molecule has 0 aliphatic carbocycles. The van der Waals surface area contributed by atoms with Gasteiger partial charge in [0.25, 0.3) is 0 Å². The maximum Gasteiger partial charge on any atom is 0.0193 e. The number of nitrogens with one attached hydrogen (secondary N) is 1. The Morgan fingerprint density at radius 2 is 1.93 bits per heavy atom. The third-order valence-electron chi connectivity index (χ3n) is 3.04. The minimum absolute atomic E-state index is 0.664. The first kappa shape index (κ1) is 12.3. The van der Waals surface area contributed by atoms with Crippen molar-refractivity contribution in [1.82, 2.24) is 10.2 Å². The van der Waals surface area contributed by atoms with Crippen molar-refractivity contribution in [2.75, 3.05) is 31.1 Å². The Hall–Kier alpha value is 0.270. The predicted molar refractivity (Wildman–Crippen MR) is 66.1 cm³/mol. The second-order valence-corrected chi connectivity index (χ2v) is 5.44. The van der Waals surface area contributed by atoms with Crippen molar-refractivity contribution >= 4 is 11.8 Å². The fourth-order valence-electron chi connectivity index (χ4n) is 1.66. The van der Waals surface area contributed by atoms with Crippen LogP contribution in [0.15, 0.2) is 0 Å². The smallest absolute Gasteiger partial charge is 0.0193 e. The molecule has 1 aliphatic rings. The van der Waals surface area contributed by atoms with Gasteiger partial charge in [0, 0.05) is 43.2 Å². The zero-order chi connectivity index (χ0) is 10.4. The molecule has 0 aromatic heterocycles. The topological polar surface area (TPSA) is 15.3 Å². The Morgan fingerprint density at radius 1 is 1.29 bits per heavy atom. The summed E-state index contributed by atoms with van der Waals surface area (Å²) in [5.74, 6) is 2.63. The Bertz CT molecular complexity index is 146. The van der Waals surface area contributed by atoms with Crippen LogP contribution in [0.5, 0.6) is 0 Å². The molecule has 0 radical (unpaired) electrons. The van der Waals surface area contributed by atoms with Crippen molar-refractivity contribution in [2.24, 2.45) is 0 Å². The van der Waals surface area contributed by atoms with E-state index in [0.717, 1.165) is 6.54 Å². The summed E-state index contributed by atoms with van der Waals surface area (Å²) < 4.78 is 0. The van der Waals surface area contributed by atoms with Gasteiger partial charge in [0.1, 0.15) is 0 Å². The second kappa shape index (κ2) is 6.70. The van der Waals surface area contributed by atoms with Crippen LogP contribution in [-0.2, 0) is 0 Å². The van der Waals surface area contributed by atoms with Gasteiger partial charge in [-0.05, 0) is 20.3 Å². The molecular formula is C11H24N2S. The molecule has 0 aromatic carbocycles. The highest BCUT2D eigenvalue weighted by Crippen LogP contribution is 2.11. The molecule has 1 N–H and O–H groups in total. The Kier molecular flexibility index (Phi) is 5.90. The summed E-state index contributed by atoms with van der Waals surface area (Å²) in [7, 11) is 0. The highest BCUT2D eigenvalue weighted by Gasteiger charge is 2.16. The van der Waals surface area contributed by atoms with E-state index in [4.69, 9.17) is 0 Å². The zero-order valence-electron chi connectivity index (χ0n) is 9.75. The first-order valence-corrected chi connectivity index (χ1v) is 6.94. The summed E-state index contributed by atoms with van der Waals surface area (Å²) >= 11 is 2.08. The number of rotatable bonds is 5. The summed E-state index contributed by atoms with van der Waals surface area (Å²) in [6, 6.07) is 1.36. The van der Waals surface area contributed by atoms with Gasteiger partial charge in [-0.3, -0.25) is 4.90 Å². The average molecular weight is 216 g/mol. The fourth-order valence-corrected chi connectivity index (χ4v) is 2.59. The zero-order valence-corrected chi connectivity index (χ0v) is 10.6. The van der Waals surface area contributed by atoms with Gasteiger partial charge < -0.3 is 5.32 Å².